The van der Waals surface area contributed by atoms with Gasteiger partial charge in [-0.05, 0) is 13.0 Å². The summed E-state index contributed by atoms with van der Waals surface area (Å²) < 4.78 is 0. The summed E-state index contributed by atoms with van der Waals surface area (Å²) in [5, 5.41) is 5.56. The van der Waals surface area contributed by atoms with Gasteiger partial charge in [-0.25, -0.2) is 4.99 Å². The molecule has 0 bridgehead atoms. The van der Waals surface area contributed by atoms with E-state index in [4.69, 9.17) is 0 Å². The number of amides is 1. The lowest BCUT2D eigenvalue weighted by molar-refractivity contribution is -0.118. The van der Waals surface area contributed by atoms with E-state index in [1.54, 1.807) is 12.5 Å². The van der Waals surface area contributed by atoms with Crippen LogP contribution < -0.4 is 10.6 Å². The number of allylic oxidation sites excluding steroid dienone is 2. The van der Waals surface area contributed by atoms with E-state index in [1.807, 2.05) is 13.0 Å². The standard InChI is InChI=1S/C8H11N3O/c1-6-3-8(11-7(2)12)4-9-5-10-6/h3-5H,1-2H3,(H,9,10)(H,11,12). The Morgan fingerprint density at radius 2 is 2.42 bits per heavy atom. The van der Waals surface area contributed by atoms with E-state index in [-0.39, 0.29) is 5.91 Å². The zero-order valence-corrected chi connectivity index (χ0v) is 7.09. The van der Waals surface area contributed by atoms with Crippen molar-refractivity contribution in [1.82, 2.24) is 10.6 Å². The van der Waals surface area contributed by atoms with Crippen LogP contribution in [0.5, 0.6) is 0 Å². The minimum absolute atomic E-state index is 0.0950. The minimum atomic E-state index is -0.0950. The molecule has 0 spiro atoms. The Kier molecular flexibility index (Phi) is 2.63. The summed E-state index contributed by atoms with van der Waals surface area (Å²) in [5.74, 6) is -0.0950. The SMILES string of the molecule is CC(=O)NC1=CN=CNC(C)=C1. The zero-order valence-electron chi connectivity index (χ0n) is 7.09. The number of nitrogens with zero attached hydrogens (tertiary/aromatic N) is 1. The third-order valence-corrected chi connectivity index (χ3v) is 1.27. The van der Waals surface area contributed by atoms with E-state index in [2.05, 4.69) is 15.6 Å². The van der Waals surface area contributed by atoms with Crippen LogP contribution in [-0.2, 0) is 4.79 Å². The fourth-order valence-corrected chi connectivity index (χ4v) is 0.840. The van der Waals surface area contributed by atoms with E-state index in [9.17, 15) is 4.79 Å². The second kappa shape index (κ2) is 3.71. The highest BCUT2D eigenvalue weighted by molar-refractivity contribution is 5.75. The van der Waals surface area contributed by atoms with Gasteiger partial charge < -0.3 is 10.6 Å². The molecule has 64 valence electrons. The van der Waals surface area contributed by atoms with Gasteiger partial charge >= 0.3 is 0 Å². The number of hydrogen-bond donors (Lipinski definition) is 2. The van der Waals surface area contributed by atoms with E-state index in [0.717, 1.165) is 5.70 Å². The molecular weight excluding hydrogens is 154 g/mol. The van der Waals surface area contributed by atoms with Crippen molar-refractivity contribution in [2.24, 2.45) is 4.99 Å². The summed E-state index contributed by atoms with van der Waals surface area (Å²) in [6, 6.07) is 0. The summed E-state index contributed by atoms with van der Waals surface area (Å²) in [6.07, 6.45) is 4.97. The highest BCUT2D eigenvalue weighted by Gasteiger charge is 1.98. The molecular formula is C8H11N3O. The molecule has 0 radical (unpaired) electrons. The van der Waals surface area contributed by atoms with Gasteiger partial charge in [0.1, 0.15) is 0 Å². The first kappa shape index (κ1) is 8.52. The second-order valence-corrected chi connectivity index (χ2v) is 2.52. The van der Waals surface area contributed by atoms with E-state index < -0.39 is 0 Å². The van der Waals surface area contributed by atoms with Crippen LogP contribution in [0.4, 0.5) is 0 Å². The molecule has 1 amide bonds. The van der Waals surface area contributed by atoms with Crippen molar-refractivity contribution >= 4 is 12.2 Å². The first-order valence-electron chi connectivity index (χ1n) is 3.63. The highest BCUT2D eigenvalue weighted by atomic mass is 16.1. The molecule has 4 heteroatoms. The molecule has 1 heterocycles. The molecule has 0 aliphatic carbocycles. The van der Waals surface area contributed by atoms with Crippen LogP contribution in [0.25, 0.3) is 0 Å². The maximum atomic E-state index is 10.7. The number of carbonyl (C=O) groups excluding carboxylic acids is 1. The van der Waals surface area contributed by atoms with Gasteiger partial charge in [-0.2, -0.15) is 0 Å². The van der Waals surface area contributed by atoms with Gasteiger partial charge in [0.15, 0.2) is 0 Å². The number of aliphatic imine (C=N–C) groups is 1. The minimum Gasteiger partial charge on any atom is -0.350 e. The maximum absolute atomic E-state index is 10.7. The van der Waals surface area contributed by atoms with E-state index in [0.29, 0.717) is 5.70 Å². The van der Waals surface area contributed by atoms with Crippen molar-refractivity contribution in [3.05, 3.63) is 23.7 Å². The first-order valence-corrected chi connectivity index (χ1v) is 3.63. The number of hydrogen-bond acceptors (Lipinski definition) is 3. The summed E-state index contributed by atoms with van der Waals surface area (Å²) >= 11 is 0. The third kappa shape index (κ3) is 2.57. The fraction of sp³-hybridized carbons (Fsp3) is 0.250. The van der Waals surface area contributed by atoms with Crippen molar-refractivity contribution in [2.45, 2.75) is 13.8 Å². The Labute approximate surface area is 71.1 Å². The Bertz CT molecular complexity index is 276. The maximum Gasteiger partial charge on any atom is 0.221 e. The quantitative estimate of drug-likeness (QED) is 0.594. The molecule has 1 aliphatic heterocycles. The Morgan fingerprint density at radius 1 is 1.67 bits per heavy atom. The molecule has 0 aromatic carbocycles. The molecule has 0 unspecified atom stereocenters. The van der Waals surface area contributed by atoms with E-state index >= 15 is 0 Å². The molecule has 0 aromatic rings. The van der Waals surface area contributed by atoms with Crippen molar-refractivity contribution in [2.75, 3.05) is 0 Å². The molecule has 0 fully saturated rings. The lowest BCUT2D eigenvalue weighted by Gasteiger charge is -2.01. The third-order valence-electron chi connectivity index (χ3n) is 1.27. The van der Waals surface area contributed by atoms with Crippen molar-refractivity contribution in [1.29, 1.82) is 0 Å². The molecule has 0 atom stereocenters. The second-order valence-electron chi connectivity index (χ2n) is 2.52. The molecule has 1 aliphatic rings. The summed E-state index contributed by atoms with van der Waals surface area (Å²) in [7, 11) is 0. The molecule has 0 aromatic heterocycles. The Balaban J connectivity index is 2.74. The largest absolute Gasteiger partial charge is 0.350 e. The first-order chi connectivity index (χ1) is 5.68. The monoisotopic (exact) mass is 165 g/mol. The number of nitrogens with one attached hydrogen (secondary N) is 2. The normalized spacial score (nSPS) is 15.5. The zero-order chi connectivity index (χ0) is 8.97. The van der Waals surface area contributed by atoms with Gasteiger partial charge in [-0.3, -0.25) is 4.79 Å². The molecule has 12 heavy (non-hydrogen) atoms. The highest BCUT2D eigenvalue weighted by Crippen LogP contribution is 1.99. The van der Waals surface area contributed by atoms with Crippen LogP contribution >= 0.6 is 0 Å². The lowest BCUT2D eigenvalue weighted by Crippen LogP contribution is -2.18. The number of rotatable bonds is 1. The van der Waals surface area contributed by atoms with Crippen molar-refractivity contribution in [3.8, 4) is 0 Å². The fourth-order valence-electron chi connectivity index (χ4n) is 0.840. The van der Waals surface area contributed by atoms with Crippen LogP contribution in [0, 0.1) is 0 Å². The van der Waals surface area contributed by atoms with Crippen LogP contribution in [0.3, 0.4) is 0 Å². The molecule has 4 nitrogen and oxygen atoms in total. The molecule has 1 rings (SSSR count). The van der Waals surface area contributed by atoms with Gasteiger partial charge in [-0.15, -0.1) is 0 Å². The van der Waals surface area contributed by atoms with Crippen molar-refractivity contribution < 1.29 is 4.79 Å². The number of carbonyl (C=O) groups is 1. The molecule has 0 saturated heterocycles. The van der Waals surface area contributed by atoms with Gasteiger partial charge in [0.05, 0.1) is 18.2 Å². The summed E-state index contributed by atoms with van der Waals surface area (Å²) in [4.78, 5) is 14.6. The van der Waals surface area contributed by atoms with Crippen LogP contribution in [0.15, 0.2) is 28.7 Å². The Morgan fingerprint density at radius 3 is 3.08 bits per heavy atom. The topological polar surface area (TPSA) is 53.5 Å². The van der Waals surface area contributed by atoms with Gasteiger partial charge in [0, 0.05) is 12.6 Å². The molecule has 2 N–H and O–H groups in total. The average molecular weight is 165 g/mol. The van der Waals surface area contributed by atoms with Gasteiger partial charge in [-0.1, -0.05) is 0 Å². The summed E-state index contributed by atoms with van der Waals surface area (Å²) in [5.41, 5.74) is 1.64. The molecule has 0 saturated carbocycles. The van der Waals surface area contributed by atoms with Gasteiger partial charge in [0.2, 0.25) is 5.91 Å². The predicted octanol–water partition coefficient (Wildman–Crippen LogP) is 0.499. The van der Waals surface area contributed by atoms with Crippen LogP contribution in [0.2, 0.25) is 0 Å². The Hall–Kier alpha value is -1.58. The smallest absolute Gasteiger partial charge is 0.221 e. The summed E-state index contributed by atoms with van der Waals surface area (Å²) in [6.45, 7) is 3.36. The van der Waals surface area contributed by atoms with Crippen molar-refractivity contribution in [3.63, 3.8) is 0 Å². The van der Waals surface area contributed by atoms with E-state index in [1.165, 1.54) is 6.92 Å². The lowest BCUT2D eigenvalue weighted by atomic mass is 10.3. The van der Waals surface area contributed by atoms with Crippen LogP contribution in [0.1, 0.15) is 13.8 Å². The average Bonchev–Trinajstić information content (AvgIpc) is 2.12. The van der Waals surface area contributed by atoms with Gasteiger partial charge in [0.25, 0.3) is 0 Å². The van der Waals surface area contributed by atoms with Crippen LogP contribution in [-0.4, -0.2) is 12.2 Å². The predicted molar refractivity (Wildman–Crippen MR) is 47.3 cm³/mol.